The normalized spacial score (nSPS) is 15.6. The highest BCUT2D eigenvalue weighted by Gasteiger charge is 2.33. The molecular weight excluding hydrogens is 476 g/mol. The lowest BCUT2D eigenvalue weighted by Crippen LogP contribution is -2.30. The first kappa shape index (κ1) is 24.7. The first-order valence-corrected chi connectivity index (χ1v) is 13.2. The molecule has 5 rings (SSSR count). The predicted octanol–water partition coefficient (Wildman–Crippen LogP) is 6.78. The number of thioether (sulfide) groups is 1. The Morgan fingerprint density at radius 2 is 1.57 bits per heavy atom. The highest BCUT2D eigenvalue weighted by molar-refractivity contribution is 8.18. The van der Waals surface area contributed by atoms with Crippen molar-refractivity contribution in [3.05, 3.63) is 119 Å². The van der Waals surface area contributed by atoms with E-state index in [1.807, 2.05) is 79.8 Å². The molecule has 6 heteroatoms. The molecule has 5 nitrogen and oxygen atoms in total. The van der Waals surface area contributed by atoms with Crippen LogP contribution in [0.2, 0.25) is 0 Å². The van der Waals surface area contributed by atoms with Crippen LogP contribution in [0.1, 0.15) is 17.7 Å². The van der Waals surface area contributed by atoms with Crippen molar-refractivity contribution in [2.24, 2.45) is 4.99 Å². The average Bonchev–Trinajstić information content (AvgIpc) is 3.50. The number of amidine groups is 1. The standard InChI is InChI=1S/C31H30N4OS/c1-33(2)26-17-19-27(20-18-26)34-21-10-16-28(34)23-29-30(36)35(22-9-13-24-11-5-3-6-12-24)31(37-29)32-25-14-7-4-8-15-25/h3-8,10-12,14-21,23H,9,13,22H2,1-2H3/b29-23-,32-31?. The summed E-state index contributed by atoms with van der Waals surface area (Å²) >= 11 is 1.44. The summed E-state index contributed by atoms with van der Waals surface area (Å²) in [6, 6.07) is 32.6. The number of para-hydroxylation sites is 1. The number of carbonyl (C=O) groups excluding carboxylic acids is 1. The number of amides is 1. The zero-order valence-electron chi connectivity index (χ0n) is 21.1. The summed E-state index contributed by atoms with van der Waals surface area (Å²) in [6.45, 7) is 0.622. The lowest BCUT2D eigenvalue weighted by molar-refractivity contribution is -0.122. The number of nitrogens with zero attached hydrogens (tertiary/aromatic N) is 4. The Bertz CT molecular complexity index is 1410. The fourth-order valence-corrected chi connectivity index (χ4v) is 5.29. The van der Waals surface area contributed by atoms with Crippen LogP contribution in [-0.2, 0) is 11.2 Å². The molecule has 186 valence electrons. The molecule has 1 fully saturated rings. The topological polar surface area (TPSA) is 40.8 Å². The third-order valence-corrected chi connectivity index (χ3v) is 7.27. The van der Waals surface area contributed by atoms with Crippen LogP contribution in [0.3, 0.4) is 0 Å². The SMILES string of the molecule is CN(C)c1ccc(-n2cccc2/C=C2\SC(=Nc3ccccc3)N(CCCc3ccccc3)C2=O)cc1. The summed E-state index contributed by atoms with van der Waals surface area (Å²) < 4.78 is 2.10. The fourth-order valence-electron chi connectivity index (χ4n) is 4.28. The quantitative estimate of drug-likeness (QED) is 0.247. The van der Waals surface area contributed by atoms with Gasteiger partial charge in [-0.2, -0.15) is 0 Å². The number of benzene rings is 3. The van der Waals surface area contributed by atoms with E-state index in [2.05, 4.69) is 58.0 Å². The molecule has 0 bridgehead atoms. The molecule has 0 saturated carbocycles. The van der Waals surface area contributed by atoms with Crippen LogP contribution >= 0.6 is 11.8 Å². The number of anilines is 1. The molecule has 1 aliphatic heterocycles. The molecule has 0 N–H and O–H groups in total. The minimum atomic E-state index is 0.00319. The van der Waals surface area contributed by atoms with Crippen LogP contribution in [0.15, 0.2) is 113 Å². The van der Waals surface area contributed by atoms with Gasteiger partial charge in [0.1, 0.15) is 0 Å². The molecule has 1 aromatic heterocycles. The molecule has 0 radical (unpaired) electrons. The maximum atomic E-state index is 13.6. The number of aliphatic imine (C=N–C) groups is 1. The van der Waals surface area contributed by atoms with Crippen molar-refractivity contribution >= 4 is 40.3 Å². The van der Waals surface area contributed by atoms with Gasteiger partial charge in [-0.25, -0.2) is 4.99 Å². The van der Waals surface area contributed by atoms with E-state index < -0.39 is 0 Å². The van der Waals surface area contributed by atoms with Gasteiger partial charge in [0.15, 0.2) is 5.17 Å². The smallest absolute Gasteiger partial charge is 0.266 e. The molecule has 1 saturated heterocycles. The lowest BCUT2D eigenvalue weighted by Gasteiger charge is -2.15. The van der Waals surface area contributed by atoms with Gasteiger partial charge in [0.25, 0.3) is 5.91 Å². The molecule has 4 aromatic rings. The Hall–Kier alpha value is -4.03. The lowest BCUT2D eigenvalue weighted by atomic mass is 10.1. The number of hydrogen-bond acceptors (Lipinski definition) is 4. The molecule has 1 aliphatic rings. The minimum Gasteiger partial charge on any atom is -0.378 e. The molecule has 0 spiro atoms. The van der Waals surface area contributed by atoms with E-state index in [0.29, 0.717) is 11.4 Å². The van der Waals surface area contributed by atoms with E-state index in [1.165, 1.54) is 17.3 Å². The van der Waals surface area contributed by atoms with E-state index in [4.69, 9.17) is 4.99 Å². The highest BCUT2D eigenvalue weighted by Crippen LogP contribution is 2.35. The van der Waals surface area contributed by atoms with E-state index >= 15 is 0 Å². The molecule has 37 heavy (non-hydrogen) atoms. The molecule has 1 amide bonds. The Morgan fingerprint density at radius 3 is 2.27 bits per heavy atom. The minimum absolute atomic E-state index is 0.00319. The van der Waals surface area contributed by atoms with Gasteiger partial charge >= 0.3 is 0 Å². The van der Waals surface area contributed by atoms with E-state index in [0.717, 1.165) is 40.8 Å². The Balaban J connectivity index is 1.41. The van der Waals surface area contributed by atoms with Crippen molar-refractivity contribution in [1.82, 2.24) is 9.47 Å². The molecule has 3 aromatic carbocycles. The largest absolute Gasteiger partial charge is 0.378 e. The zero-order valence-corrected chi connectivity index (χ0v) is 21.9. The molecule has 0 aliphatic carbocycles. The van der Waals surface area contributed by atoms with Gasteiger partial charge in [0.2, 0.25) is 0 Å². The van der Waals surface area contributed by atoms with Crippen molar-refractivity contribution in [2.45, 2.75) is 12.8 Å². The summed E-state index contributed by atoms with van der Waals surface area (Å²) in [4.78, 5) is 23.0. The fraction of sp³-hybridized carbons (Fsp3) is 0.161. The number of hydrogen-bond donors (Lipinski definition) is 0. The maximum Gasteiger partial charge on any atom is 0.266 e. The van der Waals surface area contributed by atoms with Gasteiger partial charge in [0.05, 0.1) is 10.6 Å². The van der Waals surface area contributed by atoms with Gasteiger partial charge < -0.3 is 9.47 Å². The second-order valence-electron chi connectivity index (χ2n) is 9.10. The molecular formula is C31H30N4OS. The van der Waals surface area contributed by atoms with Crippen LogP contribution in [0.4, 0.5) is 11.4 Å². The Kier molecular flexibility index (Phi) is 7.57. The number of aryl methyl sites for hydroxylation is 1. The second kappa shape index (κ2) is 11.4. The zero-order chi connectivity index (χ0) is 25.6. The van der Waals surface area contributed by atoms with Gasteiger partial charge in [-0.1, -0.05) is 48.5 Å². The molecule has 0 unspecified atom stereocenters. The summed E-state index contributed by atoms with van der Waals surface area (Å²) in [5, 5.41) is 0.726. The Morgan fingerprint density at radius 1 is 0.865 bits per heavy atom. The average molecular weight is 507 g/mol. The van der Waals surface area contributed by atoms with Gasteiger partial charge in [0, 0.05) is 43.9 Å². The van der Waals surface area contributed by atoms with Crippen LogP contribution in [0, 0.1) is 0 Å². The van der Waals surface area contributed by atoms with Gasteiger partial charge in [-0.3, -0.25) is 9.69 Å². The van der Waals surface area contributed by atoms with E-state index in [9.17, 15) is 4.79 Å². The van der Waals surface area contributed by atoms with Gasteiger partial charge in [-0.05, 0) is 84.8 Å². The van der Waals surface area contributed by atoms with Crippen LogP contribution in [0.25, 0.3) is 11.8 Å². The van der Waals surface area contributed by atoms with Gasteiger partial charge in [-0.15, -0.1) is 0 Å². The number of rotatable bonds is 8. The van der Waals surface area contributed by atoms with Crippen LogP contribution < -0.4 is 4.90 Å². The third kappa shape index (κ3) is 5.87. The monoisotopic (exact) mass is 506 g/mol. The van der Waals surface area contributed by atoms with Crippen molar-refractivity contribution in [1.29, 1.82) is 0 Å². The summed E-state index contributed by atoms with van der Waals surface area (Å²) in [5.41, 5.74) is 5.27. The number of aromatic nitrogens is 1. The highest BCUT2D eigenvalue weighted by atomic mass is 32.2. The molecule has 2 heterocycles. The first-order chi connectivity index (χ1) is 18.1. The predicted molar refractivity (Wildman–Crippen MR) is 156 cm³/mol. The first-order valence-electron chi connectivity index (χ1n) is 12.4. The summed E-state index contributed by atoms with van der Waals surface area (Å²) in [6.07, 6.45) is 5.78. The number of carbonyl (C=O) groups is 1. The van der Waals surface area contributed by atoms with Crippen molar-refractivity contribution in [3.8, 4) is 5.69 Å². The van der Waals surface area contributed by atoms with E-state index in [-0.39, 0.29) is 5.91 Å². The van der Waals surface area contributed by atoms with E-state index in [1.54, 1.807) is 0 Å². The summed E-state index contributed by atoms with van der Waals surface area (Å²) in [5.74, 6) is 0.00319. The van der Waals surface area contributed by atoms with Crippen molar-refractivity contribution < 1.29 is 4.79 Å². The molecule has 0 atom stereocenters. The summed E-state index contributed by atoms with van der Waals surface area (Å²) in [7, 11) is 4.06. The van der Waals surface area contributed by atoms with Crippen LogP contribution in [0.5, 0.6) is 0 Å². The Labute approximate surface area is 222 Å². The van der Waals surface area contributed by atoms with Crippen molar-refractivity contribution in [2.75, 3.05) is 25.5 Å². The third-order valence-electron chi connectivity index (χ3n) is 6.26. The second-order valence-corrected chi connectivity index (χ2v) is 10.1. The van der Waals surface area contributed by atoms with Crippen molar-refractivity contribution in [3.63, 3.8) is 0 Å². The van der Waals surface area contributed by atoms with Crippen LogP contribution in [-0.4, -0.2) is 41.2 Å². The maximum absolute atomic E-state index is 13.6.